The van der Waals surface area contributed by atoms with Crippen LogP contribution in [0.25, 0.3) is 11.0 Å². The van der Waals surface area contributed by atoms with Gasteiger partial charge < -0.3 is 15.2 Å². The molecule has 2 amide bonds. The van der Waals surface area contributed by atoms with E-state index in [0.717, 1.165) is 11.0 Å². The van der Waals surface area contributed by atoms with Crippen LogP contribution in [0.5, 0.6) is 0 Å². The van der Waals surface area contributed by atoms with Gasteiger partial charge in [-0.15, -0.1) is 0 Å². The van der Waals surface area contributed by atoms with Gasteiger partial charge >= 0.3 is 0 Å². The van der Waals surface area contributed by atoms with Crippen LogP contribution in [-0.2, 0) is 16.1 Å². The molecule has 7 heteroatoms. The van der Waals surface area contributed by atoms with Gasteiger partial charge in [0.1, 0.15) is 12.4 Å². The first-order valence-corrected chi connectivity index (χ1v) is 8.59. The zero-order valence-corrected chi connectivity index (χ0v) is 15.2. The van der Waals surface area contributed by atoms with Crippen molar-refractivity contribution in [1.29, 1.82) is 0 Å². The van der Waals surface area contributed by atoms with Crippen LogP contribution >= 0.6 is 11.6 Å². The minimum Gasteiger partial charge on any atom is -0.347 e. The third-order valence-corrected chi connectivity index (χ3v) is 4.17. The van der Waals surface area contributed by atoms with Crippen molar-refractivity contribution in [1.82, 2.24) is 14.9 Å². The summed E-state index contributed by atoms with van der Waals surface area (Å²) in [5, 5.41) is 6.27. The molecule has 2 N–H and O–H groups in total. The van der Waals surface area contributed by atoms with Gasteiger partial charge in [-0.1, -0.05) is 23.7 Å². The fraction of sp³-hybridized carbons (Fsp3) is 0.211. The Hall–Kier alpha value is -2.86. The lowest BCUT2D eigenvalue weighted by molar-refractivity contribution is -0.119. The van der Waals surface area contributed by atoms with E-state index in [0.29, 0.717) is 16.5 Å². The van der Waals surface area contributed by atoms with Crippen LogP contribution < -0.4 is 10.6 Å². The number of carbonyl (C=O) groups excluding carboxylic acids is 2. The smallest absolute Gasteiger partial charge is 0.244 e. The first kappa shape index (κ1) is 17.9. The number of amides is 2. The van der Waals surface area contributed by atoms with Gasteiger partial charge in [0, 0.05) is 17.6 Å². The Morgan fingerprint density at radius 3 is 2.54 bits per heavy atom. The molecule has 3 rings (SSSR count). The molecule has 134 valence electrons. The molecule has 26 heavy (non-hydrogen) atoms. The number of anilines is 1. The van der Waals surface area contributed by atoms with Crippen LogP contribution in [0.15, 0.2) is 48.5 Å². The molecule has 0 fully saturated rings. The van der Waals surface area contributed by atoms with Crippen LogP contribution in [0.1, 0.15) is 25.7 Å². The molecule has 0 aliphatic carbocycles. The summed E-state index contributed by atoms with van der Waals surface area (Å²) in [5.74, 6) is 0.293. The fourth-order valence-electron chi connectivity index (χ4n) is 2.84. The number of carbonyl (C=O) groups is 2. The van der Waals surface area contributed by atoms with Gasteiger partial charge in [0.05, 0.1) is 17.1 Å². The first-order valence-electron chi connectivity index (χ1n) is 8.21. The van der Waals surface area contributed by atoms with Crippen LogP contribution in [0.4, 0.5) is 5.69 Å². The minimum atomic E-state index is -0.316. The number of rotatable bonds is 5. The second kappa shape index (κ2) is 7.58. The predicted octanol–water partition coefficient (Wildman–Crippen LogP) is 3.53. The van der Waals surface area contributed by atoms with Crippen molar-refractivity contribution in [3.8, 4) is 0 Å². The van der Waals surface area contributed by atoms with Gasteiger partial charge in [-0.3, -0.25) is 9.59 Å². The molecular formula is C19H19ClN4O2. The highest BCUT2D eigenvalue weighted by atomic mass is 35.5. The highest BCUT2D eigenvalue weighted by Gasteiger charge is 2.19. The summed E-state index contributed by atoms with van der Waals surface area (Å²) >= 11 is 5.87. The van der Waals surface area contributed by atoms with Crippen molar-refractivity contribution in [2.45, 2.75) is 26.4 Å². The Morgan fingerprint density at radius 2 is 1.85 bits per heavy atom. The summed E-state index contributed by atoms with van der Waals surface area (Å²) < 4.78 is 1.82. The molecular weight excluding hydrogens is 352 g/mol. The normalized spacial score (nSPS) is 12.0. The van der Waals surface area contributed by atoms with E-state index < -0.39 is 0 Å². The van der Waals surface area contributed by atoms with Crippen molar-refractivity contribution in [2.24, 2.45) is 0 Å². The molecule has 1 aromatic heterocycles. The standard InChI is InChI=1S/C19H19ClN4O2/c1-12(21-13(2)25)19-23-16-5-3-4-6-17(16)24(19)11-18(26)22-15-9-7-14(20)8-10-15/h3-10,12H,11H2,1-2H3,(H,21,25)(H,22,26). The maximum atomic E-state index is 12.5. The van der Waals surface area contributed by atoms with Gasteiger partial charge in [-0.2, -0.15) is 0 Å². The van der Waals surface area contributed by atoms with Crippen LogP contribution in [0.2, 0.25) is 5.02 Å². The molecule has 0 saturated heterocycles. The van der Waals surface area contributed by atoms with Crippen molar-refractivity contribution >= 4 is 40.1 Å². The summed E-state index contributed by atoms with van der Waals surface area (Å²) in [6, 6.07) is 14.2. The zero-order valence-electron chi connectivity index (χ0n) is 14.5. The Balaban J connectivity index is 1.88. The van der Waals surface area contributed by atoms with E-state index in [2.05, 4.69) is 15.6 Å². The van der Waals surface area contributed by atoms with Crippen LogP contribution in [-0.4, -0.2) is 21.4 Å². The molecule has 0 aliphatic heterocycles. The minimum absolute atomic E-state index is 0.0857. The van der Waals surface area contributed by atoms with Crippen LogP contribution in [0.3, 0.4) is 0 Å². The van der Waals surface area contributed by atoms with Gasteiger partial charge in [-0.05, 0) is 43.3 Å². The molecule has 1 heterocycles. The highest BCUT2D eigenvalue weighted by Crippen LogP contribution is 2.21. The number of hydrogen-bond donors (Lipinski definition) is 2. The highest BCUT2D eigenvalue weighted by molar-refractivity contribution is 6.30. The topological polar surface area (TPSA) is 76.0 Å². The molecule has 0 aliphatic rings. The second-order valence-corrected chi connectivity index (χ2v) is 6.46. The maximum absolute atomic E-state index is 12.5. The van der Waals surface area contributed by atoms with E-state index in [-0.39, 0.29) is 24.4 Å². The number of nitrogens with one attached hydrogen (secondary N) is 2. The number of nitrogens with zero attached hydrogens (tertiary/aromatic N) is 2. The van der Waals surface area contributed by atoms with Crippen molar-refractivity contribution < 1.29 is 9.59 Å². The van der Waals surface area contributed by atoms with Gasteiger partial charge in [0.2, 0.25) is 11.8 Å². The van der Waals surface area contributed by atoms with Gasteiger partial charge in [-0.25, -0.2) is 4.98 Å². The summed E-state index contributed by atoms with van der Waals surface area (Å²) in [7, 11) is 0. The maximum Gasteiger partial charge on any atom is 0.244 e. The van der Waals surface area contributed by atoms with E-state index in [1.165, 1.54) is 6.92 Å². The van der Waals surface area contributed by atoms with E-state index in [9.17, 15) is 9.59 Å². The molecule has 6 nitrogen and oxygen atoms in total. The Labute approximate surface area is 156 Å². The Bertz CT molecular complexity index is 950. The zero-order chi connectivity index (χ0) is 18.7. The molecule has 0 saturated carbocycles. The monoisotopic (exact) mass is 370 g/mol. The lowest BCUT2D eigenvalue weighted by Gasteiger charge is -2.15. The molecule has 0 spiro atoms. The number of fused-ring (bicyclic) bond motifs is 1. The summed E-state index contributed by atoms with van der Waals surface area (Å²) in [6.07, 6.45) is 0. The number of aromatic nitrogens is 2. The van der Waals surface area contributed by atoms with E-state index >= 15 is 0 Å². The van der Waals surface area contributed by atoms with Gasteiger partial charge in [0.25, 0.3) is 0 Å². The second-order valence-electron chi connectivity index (χ2n) is 6.02. The van der Waals surface area contributed by atoms with Crippen molar-refractivity contribution in [3.05, 3.63) is 59.4 Å². The quantitative estimate of drug-likeness (QED) is 0.721. The molecule has 0 bridgehead atoms. The van der Waals surface area contributed by atoms with Gasteiger partial charge in [0.15, 0.2) is 0 Å². The van der Waals surface area contributed by atoms with Crippen molar-refractivity contribution in [2.75, 3.05) is 5.32 Å². The Kier molecular flexibility index (Phi) is 5.23. The largest absolute Gasteiger partial charge is 0.347 e. The van der Waals surface area contributed by atoms with E-state index in [4.69, 9.17) is 11.6 Å². The summed E-state index contributed by atoms with van der Waals surface area (Å²) in [5.41, 5.74) is 2.28. The Morgan fingerprint density at radius 1 is 1.15 bits per heavy atom. The summed E-state index contributed by atoms with van der Waals surface area (Å²) in [6.45, 7) is 3.38. The predicted molar refractivity (Wildman–Crippen MR) is 102 cm³/mol. The third kappa shape index (κ3) is 4.03. The SMILES string of the molecule is CC(=O)NC(C)c1nc2ccccc2n1CC(=O)Nc1ccc(Cl)cc1. The third-order valence-electron chi connectivity index (χ3n) is 3.92. The molecule has 2 aromatic carbocycles. The fourth-order valence-corrected chi connectivity index (χ4v) is 2.96. The lowest BCUT2D eigenvalue weighted by Crippen LogP contribution is -2.28. The van der Waals surface area contributed by atoms with Crippen molar-refractivity contribution in [3.63, 3.8) is 0 Å². The number of imidazole rings is 1. The summed E-state index contributed by atoms with van der Waals surface area (Å²) in [4.78, 5) is 28.5. The van der Waals surface area contributed by atoms with Crippen LogP contribution in [0, 0.1) is 0 Å². The molecule has 1 atom stereocenters. The molecule has 0 radical (unpaired) electrons. The number of halogens is 1. The number of hydrogen-bond acceptors (Lipinski definition) is 3. The number of para-hydroxylation sites is 2. The molecule has 3 aromatic rings. The first-order chi connectivity index (χ1) is 12.4. The average molecular weight is 371 g/mol. The number of benzene rings is 2. The van der Waals surface area contributed by atoms with E-state index in [1.54, 1.807) is 24.3 Å². The van der Waals surface area contributed by atoms with E-state index in [1.807, 2.05) is 35.8 Å². The molecule has 1 unspecified atom stereocenters. The lowest BCUT2D eigenvalue weighted by atomic mass is 10.3. The average Bonchev–Trinajstić information content (AvgIpc) is 2.95.